The third-order valence-electron chi connectivity index (χ3n) is 6.55. The van der Waals surface area contributed by atoms with E-state index in [-0.39, 0.29) is 17.9 Å². The molecule has 0 aliphatic heterocycles. The van der Waals surface area contributed by atoms with Crippen molar-refractivity contribution in [3.63, 3.8) is 0 Å². The molecule has 3 aromatic rings. The van der Waals surface area contributed by atoms with Crippen LogP contribution in [0.3, 0.4) is 0 Å². The van der Waals surface area contributed by atoms with E-state index >= 15 is 0 Å². The van der Waals surface area contributed by atoms with Crippen molar-refractivity contribution in [1.29, 1.82) is 0 Å². The number of amides is 1. The molecule has 2 atom stereocenters. The maximum Gasteiger partial charge on any atom is 0.251 e. The van der Waals surface area contributed by atoms with E-state index in [0.29, 0.717) is 18.8 Å². The number of ether oxygens (including phenoxy) is 2. The van der Waals surface area contributed by atoms with Crippen molar-refractivity contribution in [2.24, 2.45) is 0 Å². The Kier molecular flexibility index (Phi) is 8.24. The lowest BCUT2D eigenvalue weighted by Gasteiger charge is -2.33. The molecule has 178 valence electrons. The molecule has 1 aliphatic rings. The van der Waals surface area contributed by atoms with Gasteiger partial charge in [0, 0.05) is 17.5 Å². The molecule has 0 unspecified atom stereocenters. The smallest absolute Gasteiger partial charge is 0.251 e. The van der Waals surface area contributed by atoms with Gasteiger partial charge in [-0.2, -0.15) is 0 Å². The van der Waals surface area contributed by atoms with Gasteiger partial charge in [0.2, 0.25) is 0 Å². The summed E-state index contributed by atoms with van der Waals surface area (Å²) in [5.74, 6) is 1.83. The van der Waals surface area contributed by atoms with Gasteiger partial charge in [-0.1, -0.05) is 61.4 Å². The van der Waals surface area contributed by atoms with Gasteiger partial charge in [0.15, 0.2) is 11.5 Å². The van der Waals surface area contributed by atoms with Gasteiger partial charge in [0.25, 0.3) is 5.91 Å². The highest BCUT2D eigenvalue weighted by Crippen LogP contribution is 2.38. The zero-order chi connectivity index (χ0) is 23.8. The Morgan fingerprint density at radius 1 is 0.824 bits per heavy atom. The molecule has 0 heterocycles. The Morgan fingerprint density at radius 3 is 2.24 bits per heavy atom. The average Bonchev–Trinajstić information content (AvgIpc) is 2.87. The van der Waals surface area contributed by atoms with Gasteiger partial charge < -0.3 is 14.8 Å². The van der Waals surface area contributed by atoms with E-state index in [9.17, 15) is 4.79 Å². The van der Waals surface area contributed by atoms with Crippen LogP contribution in [0.1, 0.15) is 72.5 Å². The third kappa shape index (κ3) is 5.99. The van der Waals surface area contributed by atoms with Crippen LogP contribution in [-0.2, 0) is 6.42 Å². The lowest BCUT2D eigenvalue weighted by molar-refractivity contribution is 0.0920. The van der Waals surface area contributed by atoms with Crippen LogP contribution in [-0.4, -0.2) is 25.2 Å². The van der Waals surface area contributed by atoms with Crippen molar-refractivity contribution in [1.82, 2.24) is 5.32 Å². The SMILES string of the molecule is CCOc1ccc([C@H]2CCCC[C@H]2NC(=O)c2ccc(Cc3ccccc3)cc2)cc1OCC. The monoisotopic (exact) mass is 457 g/mol. The normalized spacial score (nSPS) is 17.7. The molecule has 34 heavy (non-hydrogen) atoms. The van der Waals surface area contributed by atoms with E-state index in [0.717, 1.165) is 37.2 Å². The maximum atomic E-state index is 13.1. The molecule has 1 N–H and O–H groups in total. The molecule has 1 fully saturated rings. The highest BCUT2D eigenvalue weighted by atomic mass is 16.5. The fourth-order valence-electron chi connectivity index (χ4n) is 4.86. The van der Waals surface area contributed by atoms with Crippen molar-refractivity contribution in [2.45, 2.75) is 57.9 Å². The fraction of sp³-hybridized carbons (Fsp3) is 0.367. The zero-order valence-corrected chi connectivity index (χ0v) is 20.3. The molecule has 4 rings (SSSR count). The van der Waals surface area contributed by atoms with Crippen LogP contribution in [0.4, 0.5) is 0 Å². The number of carbonyl (C=O) groups excluding carboxylic acids is 1. The summed E-state index contributed by atoms with van der Waals surface area (Å²) < 4.78 is 11.6. The summed E-state index contributed by atoms with van der Waals surface area (Å²) in [6.07, 6.45) is 5.21. The van der Waals surface area contributed by atoms with E-state index in [1.807, 2.05) is 38.1 Å². The second-order valence-corrected chi connectivity index (χ2v) is 8.90. The van der Waals surface area contributed by atoms with Crippen molar-refractivity contribution >= 4 is 5.91 Å². The largest absolute Gasteiger partial charge is 0.490 e. The molecular weight excluding hydrogens is 422 g/mol. The van der Waals surface area contributed by atoms with Crippen LogP contribution in [0.25, 0.3) is 0 Å². The van der Waals surface area contributed by atoms with Gasteiger partial charge in [-0.3, -0.25) is 4.79 Å². The first-order chi connectivity index (χ1) is 16.7. The molecule has 4 nitrogen and oxygen atoms in total. The number of benzene rings is 3. The molecular formula is C30H35NO3. The Hall–Kier alpha value is -3.27. The van der Waals surface area contributed by atoms with Crippen molar-refractivity contribution in [3.05, 3.63) is 95.1 Å². The summed E-state index contributed by atoms with van der Waals surface area (Å²) >= 11 is 0. The van der Waals surface area contributed by atoms with Crippen LogP contribution in [0.15, 0.2) is 72.8 Å². The molecule has 0 aromatic heterocycles. The van der Waals surface area contributed by atoms with E-state index in [1.165, 1.54) is 23.1 Å². The summed E-state index contributed by atoms with van der Waals surface area (Å²) in [6, 6.07) is 24.7. The number of carbonyl (C=O) groups is 1. The first kappa shape index (κ1) is 23.9. The van der Waals surface area contributed by atoms with Crippen molar-refractivity contribution in [3.8, 4) is 11.5 Å². The van der Waals surface area contributed by atoms with Gasteiger partial charge in [-0.15, -0.1) is 0 Å². The van der Waals surface area contributed by atoms with Gasteiger partial charge in [0.05, 0.1) is 13.2 Å². The lowest BCUT2D eigenvalue weighted by Crippen LogP contribution is -2.41. The predicted molar refractivity (Wildman–Crippen MR) is 137 cm³/mol. The first-order valence-electron chi connectivity index (χ1n) is 12.5. The molecule has 0 spiro atoms. The summed E-state index contributed by atoms with van der Waals surface area (Å²) in [5.41, 5.74) is 4.39. The van der Waals surface area contributed by atoms with E-state index in [2.05, 4.69) is 53.8 Å². The number of hydrogen-bond acceptors (Lipinski definition) is 3. The second kappa shape index (κ2) is 11.7. The third-order valence-corrected chi connectivity index (χ3v) is 6.55. The number of rotatable bonds is 9. The van der Waals surface area contributed by atoms with Crippen molar-refractivity contribution in [2.75, 3.05) is 13.2 Å². The minimum Gasteiger partial charge on any atom is -0.490 e. The maximum absolute atomic E-state index is 13.1. The van der Waals surface area contributed by atoms with Gasteiger partial charge in [0.1, 0.15) is 0 Å². The van der Waals surface area contributed by atoms with Gasteiger partial charge >= 0.3 is 0 Å². The average molecular weight is 458 g/mol. The predicted octanol–water partition coefficient (Wildman–Crippen LogP) is 6.53. The molecule has 1 amide bonds. The quantitative estimate of drug-likeness (QED) is 0.397. The molecule has 1 saturated carbocycles. The molecule has 4 heteroatoms. The second-order valence-electron chi connectivity index (χ2n) is 8.90. The molecule has 0 bridgehead atoms. The summed E-state index contributed by atoms with van der Waals surface area (Å²) in [5, 5.41) is 3.33. The number of nitrogens with one attached hydrogen (secondary N) is 1. The summed E-state index contributed by atoms with van der Waals surface area (Å²) in [6.45, 7) is 5.15. The van der Waals surface area contributed by atoms with E-state index < -0.39 is 0 Å². The van der Waals surface area contributed by atoms with Crippen LogP contribution in [0.2, 0.25) is 0 Å². The standard InChI is InChI=1S/C30H35NO3/c1-3-33-28-19-18-25(21-29(28)34-4-2)26-12-8-9-13-27(26)31-30(32)24-16-14-23(15-17-24)20-22-10-6-5-7-11-22/h5-7,10-11,14-19,21,26-27H,3-4,8-9,12-13,20H2,1-2H3,(H,31,32)/t26-,27-/m1/s1. The summed E-state index contributed by atoms with van der Waals surface area (Å²) in [4.78, 5) is 13.1. The molecule has 0 saturated heterocycles. The Balaban J connectivity index is 1.45. The van der Waals surface area contributed by atoms with E-state index in [1.54, 1.807) is 0 Å². The van der Waals surface area contributed by atoms with E-state index in [4.69, 9.17) is 9.47 Å². The lowest BCUT2D eigenvalue weighted by atomic mass is 9.79. The Labute approximate surface area is 203 Å². The van der Waals surface area contributed by atoms with Gasteiger partial charge in [-0.05, 0) is 74.1 Å². The minimum atomic E-state index is -0.000806. The van der Waals surface area contributed by atoms with Crippen molar-refractivity contribution < 1.29 is 14.3 Å². The van der Waals surface area contributed by atoms with Crippen LogP contribution < -0.4 is 14.8 Å². The molecule has 0 radical (unpaired) electrons. The van der Waals surface area contributed by atoms with Gasteiger partial charge in [-0.25, -0.2) is 0 Å². The fourth-order valence-corrected chi connectivity index (χ4v) is 4.86. The zero-order valence-electron chi connectivity index (χ0n) is 20.3. The topological polar surface area (TPSA) is 47.6 Å². The van der Waals surface area contributed by atoms with Crippen LogP contribution in [0, 0.1) is 0 Å². The Bertz CT molecular complexity index is 1060. The highest BCUT2D eigenvalue weighted by molar-refractivity contribution is 5.94. The highest BCUT2D eigenvalue weighted by Gasteiger charge is 2.29. The molecule has 1 aliphatic carbocycles. The Morgan fingerprint density at radius 2 is 1.50 bits per heavy atom. The van der Waals surface area contributed by atoms with Crippen LogP contribution >= 0.6 is 0 Å². The minimum absolute atomic E-state index is 0.000806. The first-order valence-corrected chi connectivity index (χ1v) is 12.5. The van der Waals surface area contributed by atoms with Crippen LogP contribution in [0.5, 0.6) is 11.5 Å². The number of hydrogen-bond donors (Lipinski definition) is 1. The summed E-state index contributed by atoms with van der Waals surface area (Å²) in [7, 11) is 0. The molecule has 3 aromatic carbocycles.